The van der Waals surface area contributed by atoms with Crippen molar-refractivity contribution < 1.29 is 18.7 Å². The Hall–Kier alpha value is -4.75. The van der Waals surface area contributed by atoms with Gasteiger partial charge in [-0.1, -0.05) is 42.5 Å². The number of nitrogens with one attached hydrogen (secondary N) is 2. The summed E-state index contributed by atoms with van der Waals surface area (Å²) < 4.78 is 28.4. The zero-order valence-corrected chi connectivity index (χ0v) is 22.1. The maximum atomic E-state index is 14.4. The minimum absolute atomic E-state index is 0.130. The van der Waals surface area contributed by atoms with Crippen molar-refractivity contribution in [3.63, 3.8) is 0 Å². The van der Waals surface area contributed by atoms with Gasteiger partial charge in [-0.15, -0.1) is 0 Å². The Morgan fingerprint density at radius 1 is 0.829 bits per heavy atom. The predicted molar refractivity (Wildman–Crippen MR) is 155 cm³/mol. The van der Waals surface area contributed by atoms with E-state index in [2.05, 4.69) is 40.6 Å². The van der Waals surface area contributed by atoms with Crippen molar-refractivity contribution in [2.45, 2.75) is 19.0 Å². The molecular weight excluding hydrogens is 520 g/mol. The van der Waals surface area contributed by atoms with Gasteiger partial charge in [0.25, 0.3) is 5.91 Å². The molecule has 0 spiro atoms. The van der Waals surface area contributed by atoms with Crippen molar-refractivity contribution >= 4 is 22.4 Å². The van der Waals surface area contributed by atoms with Gasteiger partial charge in [0.1, 0.15) is 23.4 Å². The van der Waals surface area contributed by atoms with E-state index in [1.165, 1.54) is 41.5 Å². The van der Waals surface area contributed by atoms with Gasteiger partial charge < -0.3 is 20.3 Å². The number of benzene rings is 4. The number of phenols is 1. The van der Waals surface area contributed by atoms with Gasteiger partial charge in [0, 0.05) is 40.8 Å². The number of nitrogens with zero attached hydrogens (tertiary/aromatic N) is 1. The Balaban J connectivity index is 1.25. The molecule has 1 atom stereocenters. The smallest absolute Gasteiger partial charge is 0.255 e. The second-order valence-corrected chi connectivity index (χ2v) is 10.6. The molecule has 0 saturated carbocycles. The molecule has 5 nitrogen and oxygen atoms in total. The lowest BCUT2D eigenvalue weighted by Gasteiger charge is -2.28. The van der Waals surface area contributed by atoms with E-state index in [1.807, 2.05) is 18.2 Å². The number of carbonyl (C=O) groups excluding carboxylic acids is 1. The highest BCUT2D eigenvalue weighted by Crippen LogP contribution is 2.41. The molecule has 0 aliphatic carbocycles. The van der Waals surface area contributed by atoms with Gasteiger partial charge in [-0.2, -0.15) is 0 Å². The molecule has 4 aromatic carbocycles. The van der Waals surface area contributed by atoms with E-state index in [9.17, 15) is 18.7 Å². The van der Waals surface area contributed by atoms with Gasteiger partial charge >= 0.3 is 0 Å². The second kappa shape index (κ2) is 10.0. The Labute approximate surface area is 235 Å². The van der Waals surface area contributed by atoms with E-state index in [1.54, 1.807) is 17.0 Å². The van der Waals surface area contributed by atoms with E-state index >= 15 is 0 Å². The zero-order chi connectivity index (χ0) is 28.1. The van der Waals surface area contributed by atoms with Crippen LogP contribution in [0.1, 0.15) is 45.2 Å². The van der Waals surface area contributed by atoms with Crippen molar-refractivity contribution in [3.05, 3.63) is 131 Å². The maximum absolute atomic E-state index is 14.4. The summed E-state index contributed by atoms with van der Waals surface area (Å²) in [6.45, 7) is 2.13. The van der Waals surface area contributed by atoms with Crippen LogP contribution in [-0.2, 0) is 6.54 Å². The highest BCUT2D eigenvalue weighted by Gasteiger charge is 2.37. The number of hydrogen-bond donors (Lipinski definition) is 3. The first kappa shape index (κ1) is 25.2. The molecular formula is C34H27F2N3O2. The van der Waals surface area contributed by atoms with Gasteiger partial charge in [0.05, 0.1) is 0 Å². The predicted octanol–water partition coefficient (Wildman–Crippen LogP) is 6.94. The number of carbonyl (C=O) groups is 1. The topological polar surface area (TPSA) is 68.4 Å². The number of aromatic nitrogens is 1. The number of hydrogen-bond acceptors (Lipinski definition) is 3. The van der Waals surface area contributed by atoms with E-state index in [0.29, 0.717) is 22.2 Å². The monoisotopic (exact) mass is 547 g/mol. The van der Waals surface area contributed by atoms with Crippen molar-refractivity contribution in [2.75, 3.05) is 13.1 Å². The van der Waals surface area contributed by atoms with Crippen LogP contribution in [0.2, 0.25) is 0 Å². The molecule has 1 amide bonds. The Morgan fingerprint density at radius 2 is 1.59 bits per heavy atom. The van der Waals surface area contributed by atoms with Gasteiger partial charge in [0.2, 0.25) is 0 Å². The molecule has 204 valence electrons. The van der Waals surface area contributed by atoms with Crippen LogP contribution in [0.5, 0.6) is 5.75 Å². The third-order valence-corrected chi connectivity index (χ3v) is 8.09. The lowest BCUT2D eigenvalue weighted by Crippen LogP contribution is -2.30. The summed E-state index contributed by atoms with van der Waals surface area (Å²) in [5.41, 5.74) is 7.37. The minimum Gasteiger partial charge on any atom is -0.508 e. The highest BCUT2D eigenvalue weighted by molar-refractivity contribution is 6.00. The van der Waals surface area contributed by atoms with Gasteiger partial charge in [-0.25, -0.2) is 8.78 Å². The molecule has 3 N–H and O–H groups in total. The van der Waals surface area contributed by atoms with Crippen LogP contribution >= 0.6 is 0 Å². The van der Waals surface area contributed by atoms with Crippen molar-refractivity contribution in [1.29, 1.82) is 0 Å². The summed E-state index contributed by atoms with van der Waals surface area (Å²) in [6, 6.07) is 23.3. The largest absolute Gasteiger partial charge is 0.508 e. The van der Waals surface area contributed by atoms with Gasteiger partial charge in [0.15, 0.2) is 0 Å². The summed E-state index contributed by atoms with van der Waals surface area (Å²) in [6.07, 6.45) is 3.22. The maximum Gasteiger partial charge on any atom is 0.255 e. The fraction of sp³-hybridized carbons (Fsp3) is 0.147. The number of aromatic hydroxyl groups is 1. The molecule has 1 unspecified atom stereocenters. The molecule has 7 heteroatoms. The average molecular weight is 548 g/mol. The normalized spacial score (nSPS) is 15.7. The van der Waals surface area contributed by atoms with E-state index in [0.717, 1.165) is 36.2 Å². The summed E-state index contributed by atoms with van der Waals surface area (Å²) in [7, 11) is 0. The fourth-order valence-corrected chi connectivity index (χ4v) is 5.99. The molecule has 2 aliphatic heterocycles. The number of rotatable bonds is 5. The summed E-state index contributed by atoms with van der Waals surface area (Å²) >= 11 is 0. The number of H-pyrrole nitrogens is 1. The first-order valence-electron chi connectivity index (χ1n) is 13.7. The Bertz CT molecular complexity index is 1840. The second-order valence-electron chi connectivity index (χ2n) is 10.6. The lowest BCUT2D eigenvalue weighted by molar-refractivity contribution is 0.0726. The van der Waals surface area contributed by atoms with Crippen molar-refractivity contribution in [3.8, 4) is 16.9 Å². The number of halogens is 2. The third kappa shape index (κ3) is 4.58. The summed E-state index contributed by atoms with van der Waals surface area (Å²) in [5.74, 6) is -1.27. The first-order chi connectivity index (χ1) is 19.9. The number of fused-ring (bicyclic) bond motifs is 2. The molecule has 7 rings (SSSR count). The number of aromatic amines is 1. The zero-order valence-electron chi connectivity index (χ0n) is 22.1. The summed E-state index contributed by atoms with van der Waals surface area (Å²) in [5, 5.41) is 14.7. The number of phenolic OH excluding ortho intramolecular Hbond substituents is 1. The van der Waals surface area contributed by atoms with Crippen LogP contribution in [0.25, 0.3) is 27.6 Å². The van der Waals surface area contributed by atoms with Crippen LogP contribution in [0.3, 0.4) is 0 Å². The molecule has 0 radical (unpaired) electrons. The first-order valence-corrected chi connectivity index (χ1v) is 13.7. The number of amides is 1. The van der Waals surface area contributed by atoms with Crippen molar-refractivity contribution in [2.24, 2.45) is 0 Å². The highest BCUT2D eigenvalue weighted by atomic mass is 19.1. The van der Waals surface area contributed by atoms with Gasteiger partial charge in [-0.3, -0.25) is 4.79 Å². The van der Waals surface area contributed by atoms with E-state index in [-0.39, 0.29) is 29.6 Å². The van der Waals surface area contributed by atoms with Crippen LogP contribution in [-0.4, -0.2) is 34.0 Å². The van der Waals surface area contributed by atoms with Crippen LogP contribution in [0, 0.1) is 11.6 Å². The fourth-order valence-electron chi connectivity index (χ4n) is 5.99. The molecule has 1 aromatic heterocycles. The molecule has 0 bridgehead atoms. The standard InChI is InChI=1S/C34H27F2N3O2/c35-26-7-9-30-25(15-26)17-31(38-30)33(29-18-27(36)8-10-32(29)40)39-19-24-6-5-23(16-28(24)34(39)41)21-3-1-20(2-4-21)22-11-13-37-14-12-22/h1-11,15-18,33,37-38,40H,12-14,19H2. The molecule has 0 saturated heterocycles. The molecule has 41 heavy (non-hydrogen) atoms. The average Bonchev–Trinajstić information content (AvgIpc) is 3.55. The quantitative estimate of drug-likeness (QED) is 0.223. The van der Waals surface area contributed by atoms with Gasteiger partial charge in [-0.05, 0) is 89.3 Å². The molecule has 3 heterocycles. The Morgan fingerprint density at radius 3 is 2.39 bits per heavy atom. The summed E-state index contributed by atoms with van der Waals surface area (Å²) in [4.78, 5) is 18.8. The minimum atomic E-state index is -0.818. The SMILES string of the molecule is O=C1c2cc(-c3ccc(C4=CCNCC4)cc3)ccc2CN1C(c1cc2cc(F)ccc2[nH]1)c1cc(F)ccc1O. The van der Waals surface area contributed by atoms with Crippen molar-refractivity contribution in [1.82, 2.24) is 15.2 Å². The lowest BCUT2D eigenvalue weighted by atomic mass is 9.96. The van der Waals surface area contributed by atoms with E-state index < -0.39 is 11.9 Å². The molecule has 0 fully saturated rings. The molecule has 5 aromatic rings. The Kier molecular flexibility index (Phi) is 6.16. The van der Waals surface area contributed by atoms with Crippen LogP contribution in [0.15, 0.2) is 91.0 Å². The van der Waals surface area contributed by atoms with E-state index in [4.69, 9.17) is 0 Å². The third-order valence-electron chi connectivity index (χ3n) is 8.09. The van der Waals surface area contributed by atoms with Crippen LogP contribution in [0.4, 0.5) is 8.78 Å². The molecule has 2 aliphatic rings. The van der Waals surface area contributed by atoms with Crippen LogP contribution < -0.4 is 5.32 Å².